The zero-order chi connectivity index (χ0) is 13.9. The monoisotopic (exact) mass is 334 g/mol. The van der Waals surface area contributed by atoms with Gasteiger partial charge in [-0.25, -0.2) is 8.42 Å². The molecule has 4 nitrogen and oxygen atoms in total. The van der Waals surface area contributed by atoms with E-state index in [9.17, 15) is 8.42 Å². The summed E-state index contributed by atoms with van der Waals surface area (Å²) in [7, 11) is -1.88. The predicted molar refractivity (Wildman–Crippen MR) is 76.7 cm³/mol. The van der Waals surface area contributed by atoms with Gasteiger partial charge in [0.15, 0.2) is 0 Å². The Balaban J connectivity index is 3.27. The topological polar surface area (TPSA) is 63.4 Å². The third-order valence-electron chi connectivity index (χ3n) is 3.10. The first kappa shape index (κ1) is 15.6. The summed E-state index contributed by atoms with van der Waals surface area (Å²) in [6, 6.07) is 5.12. The molecule has 1 rings (SSSR count). The van der Waals surface area contributed by atoms with E-state index in [1.54, 1.807) is 19.2 Å². The highest BCUT2D eigenvalue weighted by molar-refractivity contribution is 9.10. The summed E-state index contributed by atoms with van der Waals surface area (Å²) in [6.45, 7) is 4.17. The zero-order valence-electron chi connectivity index (χ0n) is 10.9. The smallest absolute Gasteiger partial charge is 0.244 e. The van der Waals surface area contributed by atoms with E-state index in [1.165, 1.54) is 4.31 Å². The Kier molecular flexibility index (Phi) is 5.33. The van der Waals surface area contributed by atoms with E-state index >= 15 is 0 Å². The molecule has 6 heteroatoms. The van der Waals surface area contributed by atoms with Gasteiger partial charge in [0.1, 0.15) is 0 Å². The molecule has 18 heavy (non-hydrogen) atoms. The number of rotatable bonds is 5. The van der Waals surface area contributed by atoms with Crippen LogP contribution in [0.3, 0.4) is 0 Å². The standard InChI is InChI=1S/C12H19BrN2O2S/c1-4-9(2)15(3)18(16,17)12-7-10(8-14)5-6-11(12)13/h5-7,9H,4,8,14H2,1-3H3. The largest absolute Gasteiger partial charge is 0.326 e. The van der Waals surface area contributed by atoms with Gasteiger partial charge in [-0.2, -0.15) is 4.31 Å². The molecule has 1 unspecified atom stereocenters. The molecule has 0 aliphatic carbocycles. The predicted octanol–water partition coefficient (Wildman–Crippen LogP) is 2.33. The van der Waals surface area contributed by atoms with Crippen molar-refractivity contribution in [3.05, 3.63) is 28.2 Å². The van der Waals surface area contributed by atoms with Crippen LogP contribution < -0.4 is 5.73 Å². The van der Waals surface area contributed by atoms with Gasteiger partial charge in [-0.3, -0.25) is 0 Å². The number of nitrogens with zero attached hydrogens (tertiary/aromatic N) is 1. The van der Waals surface area contributed by atoms with Gasteiger partial charge >= 0.3 is 0 Å². The molecule has 0 aliphatic rings. The van der Waals surface area contributed by atoms with E-state index in [4.69, 9.17) is 5.73 Å². The van der Waals surface area contributed by atoms with Gasteiger partial charge < -0.3 is 5.73 Å². The van der Waals surface area contributed by atoms with Crippen molar-refractivity contribution in [2.75, 3.05) is 7.05 Å². The number of nitrogens with two attached hydrogens (primary N) is 1. The minimum atomic E-state index is -3.48. The molecule has 0 saturated heterocycles. The van der Waals surface area contributed by atoms with E-state index in [-0.39, 0.29) is 10.9 Å². The Morgan fingerprint density at radius 2 is 2.06 bits per heavy atom. The highest BCUT2D eigenvalue weighted by Crippen LogP contribution is 2.27. The lowest BCUT2D eigenvalue weighted by Gasteiger charge is -2.24. The lowest BCUT2D eigenvalue weighted by atomic mass is 10.2. The fraction of sp³-hybridized carbons (Fsp3) is 0.500. The lowest BCUT2D eigenvalue weighted by Crippen LogP contribution is -2.34. The highest BCUT2D eigenvalue weighted by atomic mass is 79.9. The second-order valence-electron chi connectivity index (χ2n) is 4.25. The minimum absolute atomic E-state index is 0.0385. The number of benzene rings is 1. The van der Waals surface area contributed by atoms with Gasteiger partial charge in [0.2, 0.25) is 10.0 Å². The quantitative estimate of drug-likeness (QED) is 0.898. The number of hydrogen-bond donors (Lipinski definition) is 1. The summed E-state index contributed by atoms with van der Waals surface area (Å²) in [5.74, 6) is 0. The van der Waals surface area contributed by atoms with Crippen LogP contribution in [0.2, 0.25) is 0 Å². The Hall–Kier alpha value is -0.430. The maximum Gasteiger partial charge on any atom is 0.244 e. The van der Waals surface area contributed by atoms with E-state index in [0.717, 1.165) is 12.0 Å². The highest BCUT2D eigenvalue weighted by Gasteiger charge is 2.26. The van der Waals surface area contributed by atoms with E-state index < -0.39 is 10.0 Å². The summed E-state index contributed by atoms with van der Waals surface area (Å²) in [6.07, 6.45) is 0.768. The van der Waals surface area contributed by atoms with Gasteiger partial charge in [-0.05, 0) is 47.0 Å². The van der Waals surface area contributed by atoms with Crippen molar-refractivity contribution in [1.82, 2.24) is 4.31 Å². The van der Waals surface area contributed by atoms with Crippen LogP contribution in [0, 0.1) is 0 Å². The Morgan fingerprint density at radius 3 is 2.56 bits per heavy atom. The normalized spacial score (nSPS) is 13.9. The number of sulfonamides is 1. The maximum absolute atomic E-state index is 12.5. The number of halogens is 1. The van der Waals surface area contributed by atoms with Gasteiger partial charge in [-0.15, -0.1) is 0 Å². The van der Waals surface area contributed by atoms with E-state index in [0.29, 0.717) is 11.0 Å². The van der Waals surface area contributed by atoms with Gasteiger partial charge in [-0.1, -0.05) is 13.0 Å². The first-order chi connectivity index (χ1) is 8.34. The Morgan fingerprint density at radius 1 is 1.44 bits per heavy atom. The summed E-state index contributed by atoms with van der Waals surface area (Å²) in [5.41, 5.74) is 6.35. The molecule has 0 radical (unpaired) electrons. The molecule has 0 aliphatic heterocycles. The summed E-state index contributed by atoms with van der Waals surface area (Å²) >= 11 is 3.29. The van der Waals surface area contributed by atoms with Crippen LogP contribution in [0.5, 0.6) is 0 Å². The van der Waals surface area contributed by atoms with E-state index in [2.05, 4.69) is 15.9 Å². The molecular formula is C12H19BrN2O2S. The molecule has 0 saturated carbocycles. The number of hydrogen-bond acceptors (Lipinski definition) is 3. The van der Waals surface area contributed by atoms with E-state index in [1.807, 2.05) is 19.9 Å². The van der Waals surface area contributed by atoms with Crippen molar-refractivity contribution in [2.45, 2.75) is 37.8 Å². The second-order valence-corrected chi connectivity index (χ2v) is 7.07. The third kappa shape index (κ3) is 3.12. The average Bonchev–Trinajstić information content (AvgIpc) is 2.37. The van der Waals surface area contributed by atoms with Crippen molar-refractivity contribution in [3.8, 4) is 0 Å². The SMILES string of the molecule is CCC(C)N(C)S(=O)(=O)c1cc(CN)ccc1Br. The average molecular weight is 335 g/mol. The van der Waals surface area contributed by atoms with Crippen molar-refractivity contribution < 1.29 is 8.42 Å². The fourth-order valence-electron chi connectivity index (χ4n) is 1.52. The second kappa shape index (κ2) is 6.14. The first-order valence-electron chi connectivity index (χ1n) is 5.81. The zero-order valence-corrected chi connectivity index (χ0v) is 13.3. The molecule has 1 aromatic carbocycles. The minimum Gasteiger partial charge on any atom is -0.326 e. The summed E-state index contributed by atoms with van der Waals surface area (Å²) in [5, 5.41) is 0. The maximum atomic E-state index is 12.5. The van der Waals surface area contributed by atoms with Crippen molar-refractivity contribution in [1.29, 1.82) is 0 Å². The third-order valence-corrected chi connectivity index (χ3v) is 6.07. The molecule has 102 valence electrons. The molecule has 0 heterocycles. The van der Waals surface area contributed by atoms with Crippen LogP contribution in [-0.2, 0) is 16.6 Å². The molecule has 1 aromatic rings. The molecule has 0 bridgehead atoms. The van der Waals surface area contributed by atoms with Crippen LogP contribution in [0.1, 0.15) is 25.8 Å². The van der Waals surface area contributed by atoms with Crippen LogP contribution in [0.4, 0.5) is 0 Å². The molecule has 0 amide bonds. The van der Waals surface area contributed by atoms with Gasteiger partial charge in [0, 0.05) is 24.1 Å². The van der Waals surface area contributed by atoms with Crippen LogP contribution >= 0.6 is 15.9 Å². The fourth-order valence-corrected chi connectivity index (χ4v) is 3.93. The lowest BCUT2D eigenvalue weighted by molar-refractivity contribution is 0.380. The first-order valence-corrected chi connectivity index (χ1v) is 8.04. The molecule has 0 spiro atoms. The van der Waals surface area contributed by atoms with Crippen molar-refractivity contribution in [3.63, 3.8) is 0 Å². The Labute approximate surface area is 117 Å². The molecule has 0 fully saturated rings. The van der Waals surface area contributed by atoms with Crippen LogP contribution in [-0.4, -0.2) is 25.8 Å². The molecular weight excluding hydrogens is 316 g/mol. The van der Waals surface area contributed by atoms with Crippen LogP contribution in [0.15, 0.2) is 27.6 Å². The van der Waals surface area contributed by atoms with Crippen LogP contribution in [0.25, 0.3) is 0 Å². The summed E-state index contributed by atoms with van der Waals surface area (Å²) in [4.78, 5) is 0.272. The van der Waals surface area contributed by atoms with Crippen molar-refractivity contribution >= 4 is 26.0 Å². The molecule has 0 aromatic heterocycles. The van der Waals surface area contributed by atoms with Crippen molar-refractivity contribution in [2.24, 2.45) is 5.73 Å². The summed E-state index contributed by atoms with van der Waals surface area (Å²) < 4.78 is 26.9. The van der Waals surface area contributed by atoms with Gasteiger partial charge in [0.25, 0.3) is 0 Å². The van der Waals surface area contributed by atoms with Gasteiger partial charge in [0.05, 0.1) is 4.90 Å². The molecule has 2 N–H and O–H groups in total. The molecule has 1 atom stereocenters. The Bertz CT molecular complexity index is 517.